The number of hydrogen-bond donors (Lipinski definition) is 1. The van der Waals surface area contributed by atoms with Gasteiger partial charge >= 0.3 is 5.97 Å². The van der Waals surface area contributed by atoms with Crippen LogP contribution >= 0.6 is 0 Å². The van der Waals surface area contributed by atoms with E-state index in [0.717, 1.165) is 28.2 Å². The van der Waals surface area contributed by atoms with Crippen LogP contribution in [-0.2, 0) is 4.79 Å². The maximum Gasteiger partial charge on any atom is 0.328 e. The number of nitrogens with zero attached hydrogens (tertiary/aromatic N) is 3. The fourth-order valence-electron chi connectivity index (χ4n) is 2.03. The van der Waals surface area contributed by atoms with Crippen LogP contribution in [0.25, 0.3) is 17.1 Å². The number of carbonyl (C=O) groups is 1. The van der Waals surface area contributed by atoms with Gasteiger partial charge in [0.1, 0.15) is 6.33 Å². The second kappa shape index (κ2) is 6.05. The highest BCUT2D eigenvalue weighted by Crippen LogP contribution is 2.11. The van der Waals surface area contributed by atoms with Crippen molar-refractivity contribution in [2.75, 3.05) is 0 Å². The average Bonchev–Trinajstić information content (AvgIpc) is 2.95. The molecule has 0 spiro atoms. The van der Waals surface area contributed by atoms with Gasteiger partial charge < -0.3 is 5.11 Å². The maximum absolute atomic E-state index is 10.5. The molecule has 1 heterocycles. The van der Waals surface area contributed by atoms with Crippen LogP contribution in [0.4, 0.5) is 0 Å². The van der Waals surface area contributed by atoms with E-state index < -0.39 is 5.97 Å². The van der Waals surface area contributed by atoms with Crippen molar-refractivity contribution < 1.29 is 9.90 Å². The maximum atomic E-state index is 10.5. The van der Waals surface area contributed by atoms with Crippen LogP contribution in [0.3, 0.4) is 0 Å². The molecule has 0 radical (unpaired) electrons. The van der Waals surface area contributed by atoms with E-state index in [0.29, 0.717) is 0 Å². The highest BCUT2D eigenvalue weighted by Gasteiger charge is 1.98. The molecule has 5 nitrogen and oxygen atoms in total. The van der Waals surface area contributed by atoms with Gasteiger partial charge in [0.05, 0.1) is 17.2 Å². The van der Waals surface area contributed by atoms with Crippen LogP contribution in [0, 0.1) is 0 Å². The minimum Gasteiger partial charge on any atom is -0.478 e. The SMILES string of the molecule is O=C(O)C=Cc1ccc(C=Nn2cnc3ccccc32)cc1. The molecule has 0 saturated heterocycles. The first-order valence-corrected chi connectivity index (χ1v) is 6.70. The quantitative estimate of drug-likeness (QED) is 0.593. The minimum absolute atomic E-state index is 0.827. The summed E-state index contributed by atoms with van der Waals surface area (Å²) in [4.78, 5) is 14.7. The molecule has 1 N–H and O–H groups in total. The Kier molecular flexibility index (Phi) is 3.78. The summed E-state index contributed by atoms with van der Waals surface area (Å²) in [6.45, 7) is 0. The molecule has 1 aromatic heterocycles. The molecule has 0 aliphatic carbocycles. The van der Waals surface area contributed by atoms with Crippen molar-refractivity contribution in [2.24, 2.45) is 5.10 Å². The van der Waals surface area contributed by atoms with E-state index in [2.05, 4.69) is 10.1 Å². The first-order chi connectivity index (χ1) is 10.7. The number of rotatable bonds is 4. The van der Waals surface area contributed by atoms with E-state index in [4.69, 9.17) is 5.11 Å². The number of fused-ring (bicyclic) bond motifs is 1. The lowest BCUT2D eigenvalue weighted by Crippen LogP contribution is -1.89. The predicted molar refractivity (Wildman–Crippen MR) is 85.8 cm³/mol. The first kappa shape index (κ1) is 13.8. The van der Waals surface area contributed by atoms with Crippen LogP contribution < -0.4 is 0 Å². The zero-order chi connectivity index (χ0) is 15.4. The lowest BCUT2D eigenvalue weighted by atomic mass is 10.1. The van der Waals surface area contributed by atoms with Crippen LogP contribution in [0.5, 0.6) is 0 Å². The molecule has 0 fully saturated rings. The van der Waals surface area contributed by atoms with E-state index in [1.165, 1.54) is 0 Å². The molecule has 0 unspecified atom stereocenters. The molecular formula is C17H13N3O2. The summed E-state index contributed by atoms with van der Waals surface area (Å²) < 4.78 is 1.72. The third-order valence-corrected chi connectivity index (χ3v) is 3.12. The number of imidazole rings is 1. The van der Waals surface area contributed by atoms with E-state index in [1.54, 1.807) is 23.3 Å². The number of carboxylic acids is 1. The molecule has 0 saturated carbocycles. The van der Waals surface area contributed by atoms with Gasteiger partial charge in [-0.05, 0) is 29.3 Å². The molecule has 3 aromatic rings. The lowest BCUT2D eigenvalue weighted by molar-refractivity contribution is -0.131. The summed E-state index contributed by atoms with van der Waals surface area (Å²) >= 11 is 0. The fourth-order valence-corrected chi connectivity index (χ4v) is 2.03. The van der Waals surface area contributed by atoms with Gasteiger partial charge in [-0.2, -0.15) is 5.10 Å². The number of aliphatic carboxylic acids is 1. The monoisotopic (exact) mass is 291 g/mol. The van der Waals surface area contributed by atoms with E-state index in [9.17, 15) is 4.79 Å². The minimum atomic E-state index is -0.961. The van der Waals surface area contributed by atoms with Gasteiger partial charge in [0.2, 0.25) is 0 Å². The third-order valence-electron chi connectivity index (χ3n) is 3.12. The second-order valence-electron chi connectivity index (χ2n) is 4.66. The molecule has 2 aromatic carbocycles. The normalized spacial score (nSPS) is 11.6. The van der Waals surface area contributed by atoms with Crippen molar-refractivity contribution in [1.29, 1.82) is 0 Å². The summed E-state index contributed by atoms with van der Waals surface area (Å²) in [5, 5.41) is 13.0. The highest BCUT2D eigenvalue weighted by atomic mass is 16.4. The highest BCUT2D eigenvalue weighted by molar-refractivity contribution is 5.86. The zero-order valence-corrected chi connectivity index (χ0v) is 11.6. The van der Waals surface area contributed by atoms with Crippen molar-refractivity contribution >= 4 is 29.3 Å². The van der Waals surface area contributed by atoms with Gasteiger partial charge in [-0.1, -0.05) is 36.4 Å². The van der Waals surface area contributed by atoms with Gasteiger partial charge in [-0.15, -0.1) is 0 Å². The van der Waals surface area contributed by atoms with Gasteiger partial charge in [0.25, 0.3) is 0 Å². The van der Waals surface area contributed by atoms with E-state index in [-0.39, 0.29) is 0 Å². The van der Waals surface area contributed by atoms with Crippen LogP contribution in [-0.4, -0.2) is 27.0 Å². The van der Waals surface area contributed by atoms with Crippen molar-refractivity contribution in [2.45, 2.75) is 0 Å². The Morgan fingerprint density at radius 1 is 1.09 bits per heavy atom. The number of aromatic nitrogens is 2. The van der Waals surface area contributed by atoms with E-state index in [1.807, 2.05) is 48.5 Å². The number of carboxylic acid groups (broad SMARTS) is 1. The van der Waals surface area contributed by atoms with Gasteiger partial charge in [0.15, 0.2) is 0 Å². The Morgan fingerprint density at radius 2 is 1.82 bits per heavy atom. The molecule has 22 heavy (non-hydrogen) atoms. The van der Waals surface area contributed by atoms with Crippen molar-refractivity contribution in [3.8, 4) is 0 Å². The van der Waals surface area contributed by atoms with Crippen LogP contribution in [0.15, 0.2) is 66.0 Å². The largest absolute Gasteiger partial charge is 0.478 e. The Balaban J connectivity index is 1.79. The molecule has 5 heteroatoms. The van der Waals surface area contributed by atoms with E-state index >= 15 is 0 Å². The van der Waals surface area contributed by atoms with Gasteiger partial charge in [0, 0.05) is 6.08 Å². The molecule has 0 bridgehead atoms. The van der Waals surface area contributed by atoms with Crippen molar-refractivity contribution in [1.82, 2.24) is 9.66 Å². The molecular weight excluding hydrogens is 278 g/mol. The number of benzene rings is 2. The fraction of sp³-hybridized carbons (Fsp3) is 0. The third kappa shape index (κ3) is 3.09. The topological polar surface area (TPSA) is 67.5 Å². The number of hydrogen-bond acceptors (Lipinski definition) is 3. The first-order valence-electron chi connectivity index (χ1n) is 6.70. The summed E-state index contributed by atoms with van der Waals surface area (Å²) in [5.41, 5.74) is 3.59. The molecule has 0 amide bonds. The smallest absolute Gasteiger partial charge is 0.328 e. The summed E-state index contributed by atoms with van der Waals surface area (Å²) in [6, 6.07) is 15.2. The lowest BCUT2D eigenvalue weighted by Gasteiger charge is -1.97. The molecule has 108 valence electrons. The summed E-state index contributed by atoms with van der Waals surface area (Å²) in [5.74, 6) is -0.961. The number of para-hydroxylation sites is 2. The Bertz CT molecular complexity index is 861. The predicted octanol–water partition coefficient (Wildman–Crippen LogP) is 3.02. The molecule has 3 rings (SSSR count). The molecule has 0 atom stereocenters. The Morgan fingerprint density at radius 3 is 2.59 bits per heavy atom. The summed E-state index contributed by atoms with van der Waals surface area (Å²) in [7, 11) is 0. The zero-order valence-electron chi connectivity index (χ0n) is 11.6. The summed E-state index contributed by atoms with van der Waals surface area (Å²) in [6.07, 6.45) is 6.07. The van der Waals surface area contributed by atoms with Gasteiger partial charge in [-0.3, -0.25) is 0 Å². The van der Waals surface area contributed by atoms with Crippen molar-refractivity contribution in [3.05, 3.63) is 72.1 Å². The average molecular weight is 291 g/mol. The Labute approximate surface area is 126 Å². The standard InChI is InChI=1S/C17H13N3O2/c21-17(22)10-9-13-5-7-14(8-6-13)11-19-20-12-18-15-3-1-2-4-16(15)20/h1-12H,(H,21,22). The molecule has 0 aliphatic heterocycles. The second-order valence-corrected chi connectivity index (χ2v) is 4.66. The van der Waals surface area contributed by atoms with Crippen molar-refractivity contribution in [3.63, 3.8) is 0 Å². The van der Waals surface area contributed by atoms with Gasteiger partial charge in [-0.25, -0.2) is 14.5 Å². The van der Waals surface area contributed by atoms with Crippen LogP contribution in [0.1, 0.15) is 11.1 Å². The molecule has 0 aliphatic rings. The Hall–Kier alpha value is -3.21. The van der Waals surface area contributed by atoms with Crippen LogP contribution in [0.2, 0.25) is 0 Å².